The Labute approximate surface area is 160 Å². The van der Waals surface area contributed by atoms with Crippen molar-refractivity contribution in [3.63, 3.8) is 0 Å². The minimum absolute atomic E-state index is 0.108. The number of hydrogen-bond acceptors (Lipinski definition) is 3. The van der Waals surface area contributed by atoms with Crippen LogP contribution in [0.5, 0.6) is 0 Å². The van der Waals surface area contributed by atoms with Gasteiger partial charge in [-0.05, 0) is 49.2 Å². The summed E-state index contributed by atoms with van der Waals surface area (Å²) in [7, 11) is 0. The first-order valence-electron chi connectivity index (χ1n) is 8.28. The first-order chi connectivity index (χ1) is 12.1. The molecule has 0 aliphatic heterocycles. The molecule has 0 radical (unpaired) electrons. The molecule has 0 aliphatic rings. The molecule has 3 aromatic rings. The van der Waals surface area contributed by atoms with E-state index in [4.69, 9.17) is 23.2 Å². The average Bonchev–Trinajstić information content (AvgIpc) is 3.01. The lowest BCUT2D eigenvalue weighted by molar-refractivity contribution is 0.0974. The fraction of sp³-hybridized carbons (Fsp3) is 0.300. The number of benzene rings is 2. The molecule has 5 heteroatoms. The van der Waals surface area contributed by atoms with Gasteiger partial charge in [-0.25, -0.2) is 0 Å². The van der Waals surface area contributed by atoms with Gasteiger partial charge < -0.3 is 0 Å². The minimum Gasteiger partial charge on any atom is -0.294 e. The van der Waals surface area contributed by atoms with E-state index in [1.54, 1.807) is 11.3 Å². The van der Waals surface area contributed by atoms with Crippen molar-refractivity contribution in [2.45, 2.75) is 25.7 Å². The number of carbonyl (C=O) groups is 2. The van der Waals surface area contributed by atoms with Crippen molar-refractivity contribution in [3.8, 4) is 0 Å². The van der Waals surface area contributed by atoms with Gasteiger partial charge in [0.25, 0.3) is 0 Å². The molecular weight excluding hydrogens is 375 g/mol. The highest BCUT2D eigenvalue weighted by Crippen LogP contribution is 2.35. The normalized spacial score (nSPS) is 11.3. The molecule has 3 rings (SSSR count). The Morgan fingerprint density at radius 3 is 1.60 bits per heavy atom. The van der Waals surface area contributed by atoms with Gasteiger partial charge in [0.2, 0.25) is 0 Å². The number of hydrogen-bond donors (Lipinski definition) is 0. The summed E-state index contributed by atoms with van der Waals surface area (Å²) < 4.78 is 2.24. The highest BCUT2D eigenvalue weighted by atomic mass is 35.5. The van der Waals surface area contributed by atoms with Crippen molar-refractivity contribution in [1.29, 1.82) is 0 Å². The highest BCUT2D eigenvalue weighted by molar-refractivity contribution is 7.25. The number of alkyl halides is 2. The largest absolute Gasteiger partial charge is 0.294 e. The van der Waals surface area contributed by atoms with Crippen molar-refractivity contribution in [3.05, 3.63) is 47.5 Å². The maximum atomic E-state index is 12.3. The molecule has 0 fully saturated rings. The molecule has 2 aromatic carbocycles. The van der Waals surface area contributed by atoms with E-state index >= 15 is 0 Å². The molecule has 0 bridgehead atoms. The molecule has 0 unspecified atom stereocenters. The Morgan fingerprint density at radius 2 is 1.20 bits per heavy atom. The van der Waals surface area contributed by atoms with Crippen LogP contribution in [-0.4, -0.2) is 23.3 Å². The van der Waals surface area contributed by atoms with Crippen molar-refractivity contribution in [2.75, 3.05) is 11.8 Å². The van der Waals surface area contributed by atoms with Gasteiger partial charge in [-0.1, -0.05) is 0 Å². The number of carbonyl (C=O) groups excluding carboxylic acids is 2. The molecule has 130 valence electrons. The number of fused-ring (bicyclic) bond motifs is 3. The van der Waals surface area contributed by atoms with E-state index in [0.29, 0.717) is 48.6 Å². The van der Waals surface area contributed by atoms with E-state index in [1.807, 2.05) is 36.4 Å². The average molecular weight is 393 g/mol. The van der Waals surface area contributed by atoms with E-state index in [2.05, 4.69) is 0 Å². The maximum Gasteiger partial charge on any atom is 0.162 e. The van der Waals surface area contributed by atoms with Crippen LogP contribution in [0.3, 0.4) is 0 Å². The summed E-state index contributed by atoms with van der Waals surface area (Å²) in [6.45, 7) is 0. The Bertz CT molecular complexity index is 856. The lowest BCUT2D eigenvalue weighted by Crippen LogP contribution is -1.99. The smallest absolute Gasteiger partial charge is 0.162 e. The second-order valence-corrected chi connectivity index (χ2v) is 7.80. The van der Waals surface area contributed by atoms with Gasteiger partial charge in [-0.3, -0.25) is 9.59 Å². The molecule has 0 amide bonds. The van der Waals surface area contributed by atoms with Crippen molar-refractivity contribution < 1.29 is 9.59 Å². The predicted octanol–water partition coefficient (Wildman–Crippen LogP) is 6.46. The number of Topliss-reactive ketones (excluding diaryl/α,β-unsaturated/α-hetero) is 2. The summed E-state index contributed by atoms with van der Waals surface area (Å²) in [5, 5.41) is 2.06. The summed E-state index contributed by atoms with van der Waals surface area (Å²) in [4.78, 5) is 24.6. The van der Waals surface area contributed by atoms with Gasteiger partial charge in [-0.2, -0.15) is 0 Å². The molecule has 25 heavy (non-hydrogen) atoms. The van der Waals surface area contributed by atoms with Crippen LogP contribution in [0.1, 0.15) is 46.4 Å². The van der Waals surface area contributed by atoms with Crippen molar-refractivity contribution >= 4 is 66.3 Å². The third-order valence-electron chi connectivity index (χ3n) is 4.19. The summed E-state index contributed by atoms with van der Waals surface area (Å²) in [5.74, 6) is 1.19. The summed E-state index contributed by atoms with van der Waals surface area (Å²) in [5.41, 5.74) is 1.41. The van der Waals surface area contributed by atoms with E-state index in [9.17, 15) is 9.59 Å². The fourth-order valence-electron chi connectivity index (χ4n) is 2.87. The molecule has 1 aromatic heterocycles. The van der Waals surface area contributed by atoms with Crippen molar-refractivity contribution in [1.82, 2.24) is 0 Å². The quantitative estimate of drug-likeness (QED) is 0.325. The van der Waals surface area contributed by atoms with Crippen LogP contribution in [0.15, 0.2) is 36.4 Å². The van der Waals surface area contributed by atoms with Gasteiger partial charge >= 0.3 is 0 Å². The maximum absolute atomic E-state index is 12.3. The second kappa shape index (κ2) is 8.31. The monoisotopic (exact) mass is 392 g/mol. The predicted molar refractivity (Wildman–Crippen MR) is 108 cm³/mol. The molecular formula is C20H18Cl2O2S. The number of ketones is 2. The lowest BCUT2D eigenvalue weighted by Gasteiger charge is -2.02. The first kappa shape index (κ1) is 18.4. The highest BCUT2D eigenvalue weighted by Gasteiger charge is 2.12. The Hall–Kier alpha value is -1.42. The van der Waals surface area contributed by atoms with Gasteiger partial charge in [0.15, 0.2) is 11.6 Å². The number of halogens is 2. The van der Waals surface area contributed by atoms with E-state index < -0.39 is 0 Å². The topological polar surface area (TPSA) is 34.1 Å². The van der Waals surface area contributed by atoms with Gasteiger partial charge in [0, 0.05) is 55.9 Å². The molecule has 0 N–H and O–H groups in total. The number of thiophene rings is 1. The van der Waals surface area contributed by atoms with Crippen LogP contribution in [0.4, 0.5) is 0 Å². The van der Waals surface area contributed by atoms with E-state index in [1.165, 1.54) is 0 Å². The third-order valence-corrected chi connectivity index (χ3v) is 5.87. The Morgan fingerprint density at radius 1 is 0.760 bits per heavy atom. The molecule has 0 saturated heterocycles. The zero-order valence-electron chi connectivity index (χ0n) is 13.7. The SMILES string of the molecule is O=C(CCCCl)c1ccc2sc3ccc(C(=O)CCCCl)cc3c2c1. The van der Waals surface area contributed by atoms with Gasteiger partial charge in [0.1, 0.15) is 0 Å². The standard InChI is InChI=1S/C20H18Cl2O2S/c21-9-1-3-17(23)13-5-7-19-15(11-13)16-12-14(6-8-20(16)25-19)18(24)4-2-10-22/h5-8,11-12H,1-4,9-10H2. The van der Waals surface area contributed by atoms with Crippen LogP contribution in [0, 0.1) is 0 Å². The minimum atomic E-state index is 0.108. The molecule has 0 saturated carbocycles. The summed E-state index contributed by atoms with van der Waals surface area (Å²) >= 11 is 13.0. The molecule has 1 heterocycles. The van der Waals surface area contributed by atoms with Gasteiger partial charge in [-0.15, -0.1) is 34.5 Å². The number of rotatable bonds is 8. The van der Waals surface area contributed by atoms with Crippen LogP contribution in [-0.2, 0) is 0 Å². The Balaban J connectivity index is 2.01. The Kier molecular flexibility index (Phi) is 6.10. The van der Waals surface area contributed by atoms with Crippen LogP contribution in [0.2, 0.25) is 0 Å². The molecule has 2 nitrogen and oxygen atoms in total. The van der Waals surface area contributed by atoms with Crippen molar-refractivity contribution in [2.24, 2.45) is 0 Å². The van der Waals surface area contributed by atoms with Gasteiger partial charge in [0.05, 0.1) is 0 Å². The van der Waals surface area contributed by atoms with E-state index in [-0.39, 0.29) is 11.6 Å². The lowest BCUT2D eigenvalue weighted by atomic mass is 10.0. The first-order valence-corrected chi connectivity index (χ1v) is 10.2. The van der Waals surface area contributed by atoms with Crippen LogP contribution in [0.25, 0.3) is 20.2 Å². The second-order valence-electron chi connectivity index (χ2n) is 5.96. The molecule has 0 spiro atoms. The zero-order valence-corrected chi connectivity index (χ0v) is 16.0. The van der Waals surface area contributed by atoms with Crippen LogP contribution < -0.4 is 0 Å². The van der Waals surface area contributed by atoms with E-state index in [0.717, 1.165) is 20.2 Å². The third kappa shape index (κ3) is 4.05. The zero-order chi connectivity index (χ0) is 17.8. The van der Waals surface area contributed by atoms with Crippen LogP contribution >= 0.6 is 34.5 Å². The summed E-state index contributed by atoms with van der Waals surface area (Å²) in [6, 6.07) is 11.6. The summed E-state index contributed by atoms with van der Waals surface area (Å²) in [6.07, 6.45) is 2.28. The molecule has 0 aliphatic carbocycles. The molecule has 0 atom stereocenters. The fourth-order valence-corrected chi connectivity index (χ4v) is 4.20.